The van der Waals surface area contributed by atoms with Crippen molar-refractivity contribution in [3.8, 4) is 0 Å². The molecule has 1 aliphatic rings. The number of rotatable bonds is 7. The summed E-state index contributed by atoms with van der Waals surface area (Å²) >= 11 is 0. The quantitative estimate of drug-likeness (QED) is 0.768. The normalized spacial score (nSPS) is 14.3. The molecule has 2 aromatic rings. The minimum atomic E-state index is -0.227. The van der Waals surface area contributed by atoms with E-state index in [9.17, 15) is 4.79 Å². The molecule has 0 aliphatic carbocycles. The molecule has 1 aromatic carbocycles. The number of carbonyl (C=O) groups excluding carboxylic acids is 1. The standard InChI is InChI=1S/C21H29N5O/c1-16(2)10-12-22-21-23-13-11-19(25-21)20(27)24-17-6-8-18(9-7-17)26-14-4-3-5-15-26/h6-9,11,13,16H,3-5,10,12,14-15H2,1-2H3,(H,24,27)(H,22,23,25). The van der Waals surface area contributed by atoms with E-state index in [4.69, 9.17) is 0 Å². The van der Waals surface area contributed by atoms with Crippen LogP contribution in [-0.4, -0.2) is 35.5 Å². The van der Waals surface area contributed by atoms with Crippen LogP contribution in [0, 0.1) is 5.92 Å². The SMILES string of the molecule is CC(C)CCNc1nccc(C(=O)Nc2ccc(N3CCCCC3)cc2)n1. The second-order valence-corrected chi connectivity index (χ2v) is 7.42. The third kappa shape index (κ3) is 5.67. The summed E-state index contributed by atoms with van der Waals surface area (Å²) in [5.41, 5.74) is 2.34. The summed E-state index contributed by atoms with van der Waals surface area (Å²) in [6.45, 7) is 7.35. The average molecular weight is 367 g/mol. The molecule has 3 rings (SSSR count). The van der Waals surface area contributed by atoms with Gasteiger partial charge in [0.1, 0.15) is 5.69 Å². The summed E-state index contributed by atoms with van der Waals surface area (Å²) in [6, 6.07) is 9.67. The lowest BCUT2D eigenvalue weighted by Crippen LogP contribution is -2.29. The monoisotopic (exact) mass is 367 g/mol. The number of hydrogen-bond donors (Lipinski definition) is 2. The number of amides is 1. The molecule has 0 bridgehead atoms. The first-order valence-electron chi connectivity index (χ1n) is 9.85. The molecule has 144 valence electrons. The molecule has 0 radical (unpaired) electrons. The van der Waals surface area contributed by atoms with E-state index in [1.165, 1.54) is 24.9 Å². The summed E-state index contributed by atoms with van der Waals surface area (Å²) in [4.78, 5) is 23.4. The van der Waals surface area contributed by atoms with Crippen molar-refractivity contribution < 1.29 is 4.79 Å². The van der Waals surface area contributed by atoms with Gasteiger partial charge in [-0.2, -0.15) is 0 Å². The summed E-state index contributed by atoms with van der Waals surface area (Å²) in [6.07, 6.45) is 6.46. The van der Waals surface area contributed by atoms with Crippen molar-refractivity contribution in [2.75, 3.05) is 35.2 Å². The maximum Gasteiger partial charge on any atom is 0.274 e. The number of anilines is 3. The molecule has 0 saturated carbocycles. The Labute approximate surface area is 161 Å². The Bertz CT molecular complexity index is 738. The molecule has 0 unspecified atom stereocenters. The Morgan fingerprint density at radius 3 is 2.56 bits per heavy atom. The minimum Gasteiger partial charge on any atom is -0.372 e. The molecule has 27 heavy (non-hydrogen) atoms. The maximum atomic E-state index is 12.5. The van der Waals surface area contributed by atoms with Gasteiger partial charge in [0.15, 0.2) is 0 Å². The number of benzene rings is 1. The smallest absolute Gasteiger partial charge is 0.274 e. The average Bonchev–Trinajstić information content (AvgIpc) is 2.69. The van der Waals surface area contributed by atoms with E-state index >= 15 is 0 Å². The van der Waals surface area contributed by atoms with Crippen LogP contribution in [0.2, 0.25) is 0 Å². The molecular weight excluding hydrogens is 338 g/mol. The molecule has 0 atom stereocenters. The second kappa shape index (κ2) is 9.35. The van der Waals surface area contributed by atoms with E-state index in [2.05, 4.69) is 51.5 Å². The molecule has 6 heteroatoms. The fraction of sp³-hybridized carbons (Fsp3) is 0.476. The molecule has 1 aromatic heterocycles. The van der Waals surface area contributed by atoms with Crippen LogP contribution in [0.4, 0.5) is 17.3 Å². The molecule has 1 saturated heterocycles. The highest BCUT2D eigenvalue weighted by molar-refractivity contribution is 6.03. The second-order valence-electron chi connectivity index (χ2n) is 7.42. The van der Waals surface area contributed by atoms with Crippen LogP contribution in [0.25, 0.3) is 0 Å². The van der Waals surface area contributed by atoms with E-state index in [1.54, 1.807) is 12.3 Å². The van der Waals surface area contributed by atoms with Crippen molar-refractivity contribution in [2.24, 2.45) is 5.92 Å². The van der Waals surface area contributed by atoms with Crippen molar-refractivity contribution in [3.63, 3.8) is 0 Å². The van der Waals surface area contributed by atoms with Gasteiger partial charge in [-0.25, -0.2) is 9.97 Å². The maximum absolute atomic E-state index is 12.5. The largest absolute Gasteiger partial charge is 0.372 e. The predicted molar refractivity (Wildman–Crippen MR) is 110 cm³/mol. The molecule has 1 aliphatic heterocycles. The molecule has 6 nitrogen and oxygen atoms in total. The third-order valence-electron chi connectivity index (χ3n) is 4.74. The van der Waals surface area contributed by atoms with Gasteiger partial charge in [0, 0.05) is 37.2 Å². The Balaban J connectivity index is 1.58. The summed E-state index contributed by atoms with van der Waals surface area (Å²) in [5.74, 6) is 0.871. The van der Waals surface area contributed by atoms with Crippen molar-refractivity contribution in [1.29, 1.82) is 0 Å². The number of aromatic nitrogens is 2. The Morgan fingerprint density at radius 1 is 1.11 bits per heavy atom. The minimum absolute atomic E-state index is 0.227. The number of nitrogens with zero attached hydrogens (tertiary/aromatic N) is 3. The van der Waals surface area contributed by atoms with Gasteiger partial charge in [0.05, 0.1) is 0 Å². The highest BCUT2D eigenvalue weighted by atomic mass is 16.1. The Hall–Kier alpha value is -2.63. The van der Waals surface area contributed by atoms with Gasteiger partial charge in [0.2, 0.25) is 5.95 Å². The molecule has 2 N–H and O–H groups in total. The topological polar surface area (TPSA) is 70.2 Å². The van der Waals surface area contributed by atoms with Crippen LogP contribution < -0.4 is 15.5 Å². The van der Waals surface area contributed by atoms with E-state index in [-0.39, 0.29) is 5.91 Å². The van der Waals surface area contributed by atoms with Crippen molar-refractivity contribution in [2.45, 2.75) is 39.5 Å². The highest BCUT2D eigenvalue weighted by Gasteiger charge is 2.12. The van der Waals surface area contributed by atoms with Crippen LogP contribution in [0.15, 0.2) is 36.5 Å². The van der Waals surface area contributed by atoms with E-state index < -0.39 is 0 Å². The third-order valence-corrected chi connectivity index (χ3v) is 4.74. The molecule has 1 fully saturated rings. The van der Waals surface area contributed by atoms with Gasteiger partial charge in [-0.3, -0.25) is 4.79 Å². The van der Waals surface area contributed by atoms with Gasteiger partial charge in [-0.05, 0) is 61.9 Å². The zero-order valence-corrected chi connectivity index (χ0v) is 16.2. The predicted octanol–water partition coefficient (Wildman–Crippen LogP) is 4.18. The fourth-order valence-corrected chi connectivity index (χ4v) is 3.15. The zero-order valence-electron chi connectivity index (χ0n) is 16.2. The Morgan fingerprint density at radius 2 is 1.85 bits per heavy atom. The van der Waals surface area contributed by atoms with E-state index in [0.717, 1.165) is 31.7 Å². The molecule has 1 amide bonds. The van der Waals surface area contributed by atoms with Crippen LogP contribution >= 0.6 is 0 Å². The summed E-state index contributed by atoms with van der Waals surface area (Å²) in [5, 5.41) is 6.09. The first-order chi connectivity index (χ1) is 13.1. The highest BCUT2D eigenvalue weighted by Crippen LogP contribution is 2.22. The molecule has 0 spiro atoms. The first kappa shape index (κ1) is 19.1. The van der Waals surface area contributed by atoms with Crippen LogP contribution in [0.1, 0.15) is 50.0 Å². The van der Waals surface area contributed by atoms with Crippen molar-refractivity contribution in [3.05, 3.63) is 42.2 Å². The molecule has 2 heterocycles. The number of piperidine rings is 1. The van der Waals surface area contributed by atoms with E-state index in [1.807, 2.05) is 12.1 Å². The van der Waals surface area contributed by atoms with Gasteiger partial charge in [-0.15, -0.1) is 0 Å². The summed E-state index contributed by atoms with van der Waals surface area (Å²) in [7, 11) is 0. The first-order valence-corrected chi connectivity index (χ1v) is 9.85. The lowest BCUT2D eigenvalue weighted by Gasteiger charge is -2.28. The van der Waals surface area contributed by atoms with Gasteiger partial charge >= 0.3 is 0 Å². The number of carbonyl (C=O) groups is 1. The zero-order chi connectivity index (χ0) is 19.1. The van der Waals surface area contributed by atoms with Crippen LogP contribution in [0.3, 0.4) is 0 Å². The fourth-order valence-electron chi connectivity index (χ4n) is 3.15. The van der Waals surface area contributed by atoms with Crippen LogP contribution in [-0.2, 0) is 0 Å². The van der Waals surface area contributed by atoms with Crippen molar-refractivity contribution in [1.82, 2.24) is 9.97 Å². The lowest BCUT2D eigenvalue weighted by molar-refractivity contribution is 0.102. The molecular formula is C21H29N5O. The van der Waals surface area contributed by atoms with Gasteiger partial charge in [-0.1, -0.05) is 13.8 Å². The van der Waals surface area contributed by atoms with Gasteiger partial charge < -0.3 is 15.5 Å². The Kier molecular flexibility index (Phi) is 6.63. The van der Waals surface area contributed by atoms with Crippen molar-refractivity contribution >= 4 is 23.2 Å². The van der Waals surface area contributed by atoms with E-state index in [0.29, 0.717) is 17.6 Å². The summed E-state index contributed by atoms with van der Waals surface area (Å²) < 4.78 is 0. The van der Waals surface area contributed by atoms with Crippen LogP contribution in [0.5, 0.6) is 0 Å². The number of nitrogens with one attached hydrogen (secondary N) is 2. The number of hydrogen-bond acceptors (Lipinski definition) is 5. The lowest BCUT2D eigenvalue weighted by atomic mass is 10.1. The van der Waals surface area contributed by atoms with Gasteiger partial charge in [0.25, 0.3) is 5.91 Å².